The SMILES string of the molecule is C/C(=C/Cc1cc(O)ccc1O)CC/C=C(\C)CCl. The minimum absolute atomic E-state index is 0.180. The van der Waals surface area contributed by atoms with Gasteiger partial charge in [-0.15, -0.1) is 11.6 Å². The molecule has 19 heavy (non-hydrogen) atoms. The first kappa shape index (κ1) is 15.6. The third-order valence-corrected chi connectivity index (χ3v) is 3.40. The maximum atomic E-state index is 9.66. The molecule has 1 aromatic carbocycles. The quantitative estimate of drug-likeness (QED) is 0.456. The first-order valence-electron chi connectivity index (χ1n) is 6.41. The fourth-order valence-corrected chi connectivity index (χ4v) is 1.83. The maximum Gasteiger partial charge on any atom is 0.119 e. The molecule has 1 aromatic rings. The Balaban J connectivity index is 2.53. The van der Waals surface area contributed by atoms with E-state index in [1.54, 1.807) is 6.07 Å². The highest BCUT2D eigenvalue weighted by Crippen LogP contribution is 2.23. The molecule has 0 atom stereocenters. The maximum absolute atomic E-state index is 9.66. The van der Waals surface area contributed by atoms with Gasteiger partial charge in [0.15, 0.2) is 0 Å². The third kappa shape index (κ3) is 5.84. The van der Waals surface area contributed by atoms with E-state index in [9.17, 15) is 10.2 Å². The Bertz CT molecular complexity index is 476. The smallest absolute Gasteiger partial charge is 0.119 e. The van der Waals surface area contributed by atoms with Crippen molar-refractivity contribution in [3.05, 3.63) is 47.1 Å². The third-order valence-electron chi connectivity index (χ3n) is 2.98. The Kier molecular flexibility index (Phi) is 6.51. The van der Waals surface area contributed by atoms with Crippen LogP contribution in [-0.2, 0) is 6.42 Å². The number of rotatable bonds is 6. The molecular weight excluding hydrogens is 260 g/mol. The van der Waals surface area contributed by atoms with Gasteiger partial charge in [-0.05, 0) is 51.3 Å². The van der Waals surface area contributed by atoms with Crippen molar-refractivity contribution in [3.8, 4) is 11.5 Å². The molecule has 3 heteroatoms. The van der Waals surface area contributed by atoms with Crippen LogP contribution in [0.1, 0.15) is 32.3 Å². The van der Waals surface area contributed by atoms with Gasteiger partial charge in [0.1, 0.15) is 11.5 Å². The second-order valence-electron chi connectivity index (χ2n) is 4.79. The molecule has 0 radical (unpaired) electrons. The van der Waals surface area contributed by atoms with Gasteiger partial charge in [-0.1, -0.05) is 23.3 Å². The molecule has 104 valence electrons. The van der Waals surface area contributed by atoms with Crippen molar-refractivity contribution in [1.82, 2.24) is 0 Å². The zero-order valence-corrected chi connectivity index (χ0v) is 12.2. The fraction of sp³-hybridized carbons (Fsp3) is 0.375. The number of phenolic OH excluding ortho intramolecular Hbond substituents is 2. The number of halogens is 1. The van der Waals surface area contributed by atoms with Gasteiger partial charge < -0.3 is 10.2 Å². The lowest BCUT2D eigenvalue weighted by atomic mass is 10.1. The summed E-state index contributed by atoms with van der Waals surface area (Å²) in [5.74, 6) is 0.985. The number of hydrogen-bond acceptors (Lipinski definition) is 2. The lowest BCUT2D eigenvalue weighted by Gasteiger charge is -2.04. The summed E-state index contributed by atoms with van der Waals surface area (Å²) in [6, 6.07) is 4.59. The van der Waals surface area contributed by atoms with Gasteiger partial charge in [0.25, 0.3) is 0 Å². The molecule has 0 bridgehead atoms. The first-order valence-corrected chi connectivity index (χ1v) is 6.94. The monoisotopic (exact) mass is 280 g/mol. The highest BCUT2D eigenvalue weighted by molar-refractivity contribution is 6.19. The largest absolute Gasteiger partial charge is 0.508 e. The molecule has 0 aromatic heterocycles. The van der Waals surface area contributed by atoms with Gasteiger partial charge in [-0.25, -0.2) is 0 Å². The normalized spacial score (nSPS) is 12.8. The average Bonchev–Trinajstić information content (AvgIpc) is 2.39. The van der Waals surface area contributed by atoms with Crippen LogP contribution in [0.3, 0.4) is 0 Å². The molecule has 0 aliphatic carbocycles. The van der Waals surface area contributed by atoms with Crippen LogP contribution < -0.4 is 0 Å². The van der Waals surface area contributed by atoms with E-state index in [-0.39, 0.29) is 11.5 Å². The van der Waals surface area contributed by atoms with Crippen LogP contribution in [0, 0.1) is 0 Å². The molecular formula is C16H21ClO2. The summed E-state index contributed by atoms with van der Waals surface area (Å²) in [5.41, 5.74) is 3.20. The Morgan fingerprint density at radius 2 is 1.89 bits per heavy atom. The van der Waals surface area contributed by atoms with Gasteiger partial charge in [0.2, 0.25) is 0 Å². The Hall–Kier alpha value is -1.41. The summed E-state index contributed by atoms with van der Waals surface area (Å²) >= 11 is 5.71. The van der Waals surface area contributed by atoms with Crippen molar-refractivity contribution in [2.45, 2.75) is 33.1 Å². The van der Waals surface area contributed by atoms with Crippen molar-refractivity contribution < 1.29 is 10.2 Å². The van der Waals surface area contributed by atoms with Crippen molar-refractivity contribution >= 4 is 11.6 Å². The molecule has 2 nitrogen and oxygen atoms in total. The van der Waals surface area contributed by atoms with Crippen molar-refractivity contribution in [2.24, 2.45) is 0 Å². The Morgan fingerprint density at radius 1 is 1.16 bits per heavy atom. The summed E-state index contributed by atoms with van der Waals surface area (Å²) in [6.45, 7) is 4.10. The van der Waals surface area contributed by atoms with E-state index in [1.807, 2.05) is 6.92 Å². The second kappa shape index (κ2) is 7.90. The molecule has 0 saturated heterocycles. The molecule has 0 heterocycles. The van der Waals surface area contributed by atoms with Crippen LogP contribution in [0.5, 0.6) is 11.5 Å². The lowest BCUT2D eigenvalue weighted by Crippen LogP contribution is -1.85. The van der Waals surface area contributed by atoms with E-state index >= 15 is 0 Å². The highest BCUT2D eigenvalue weighted by Gasteiger charge is 2.01. The van der Waals surface area contributed by atoms with Gasteiger partial charge in [-0.3, -0.25) is 0 Å². The van der Waals surface area contributed by atoms with E-state index in [1.165, 1.54) is 23.3 Å². The molecule has 2 N–H and O–H groups in total. The summed E-state index contributed by atoms with van der Waals surface area (Å²) < 4.78 is 0. The summed E-state index contributed by atoms with van der Waals surface area (Å²) in [7, 11) is 0. The number of aromatic hydroxyl groups is 2. The van der Waals surface area contributed by atoms with E-state index < -0.39 is 0 Å². The van der Waals surface area contributed by atoms with Gasteiger partial charge in [0.05, 0.1) is 0 Å². The topological polar surface area (TPSA) is 40.5 Å². The average molecular weight is 281 g/mol. The molecule has 0 unspecified atom stereocenters. The minimum atomic E-state index is 0.180. The molecule has 0 amide bonds. The summed E-state index contributed by atoms with van der Waals surface area (Å²) in [4.78, 5) is 0. The molecule has 0 fully saturated rings. The minimum Gasteiger partial charge on any atom is -0.508 e. The summed E-state index contributed by atoms with van der Waals surface area (Å²) in [6.07, 6.45) is 6.82. The fourth-order valence-electron chi connectivity index (χ4n) is 1.72. The van der Waals surface area contributed by atoms with Crippen LogP contribution in [0.2, 0.25) is 0 Å². The molecule has 0 saturated carbocycles. The zero-order valence-electron chi connectivity index (χ0n) is 11.5. The molecule has 0 spiro atoms. The molecule has 0 aliphatic heterocycles. The number of allylic oxidation sites excluding steroid dienone is 4. The van der Waals surface area contributed by atoms with E-state index in [0.29, 0.717) is 12.3 Å². The lowest BCUT2D eigenvalue weighted by molar-refractivity contribution is 0.455. The predicted molar refractivity (Wildman–Crippen MR) is 80.9 cm³/mol. The number of benzene rings is 1. The van der Waals surface area contributed by atoms with Crippen LogP contribution in [0.4, 0.5) is 0 Å². The van der Waals surface area contributed by atoms with E-state index in [2.05, 4.69) is 19.1 Å². The number of alkyl halides is 1. The van der Waals surface area contributed by atoms with Crippen LogP contribution in [0.15, 0.2) is 41.5 Å². The van der Waals surface area contributed by atoms with E-state index in [4.69, 9.17) is 11.6 Å². The van der Waals surface area contributed by atoms with Gasteiger partial charge in [0, 0.05) is 11.4 Å². The van der Waals surface area contributed by atoms with Gasteiger partial charge in [-0.2, -0.15) is 0 Å². The highest BCUT2D eigenvalue weighted by atomic mass is 35.5. The standard InChI is InChI=1S/C16H21ClO2/c1-12(4-3-5-13(2)11-17)6-7-14-10-15(18)8-9-16(14)19/h5-6,8-10,18-19H,3-4,7,11H2,1-2H3/b12-6-,13-5+. The second-order valence-corrected chi connectivity index (χ2v) is 5.06. The van der Waals surface area contributed by atoms with Gasteiger partial charge >= 0.3 is 0 Å². The van der Waals surface area contributed by atoms with Crippen LogP contribution in [-0.4, -0.2) is 16.1 Å². The first-order chi connectivity index (χ1) is 9.02. The van der Waals surface area contributed by atoms with Crippen LogP contribution >= 0.6 is 11.6 Å². The van der Waals surface area contributed by atoms with Crippen molar-refractivity contribution in [2.75, 3.05) is 5.88 Å². The molecule has 0 aliphatic rings. The number of hydrogen-bond donors (Lipinski definition) is 2. The summed E-state index contributed by atoms with van der Waals surface area (Å²) in [5, 5.41) is 19.0. The van der Waals surface area contributed by atoms with E-state index in [0.717, 1.165) is 18.4 Å². The molecule has 1 rings (SSSR count). The zero-order chi connectivity index (χ0) is 14.3. The Labute approximate surface area is 120 Å². The van der Waals surface area contributed by atoms with Crippen molar-refractivity contribution in [1.29, 1.82) is 0 Å². The van der Waals surface area contributed by atoms with Crippen LogP contribution in [0.25, 0.3) is 0 Å². The predicted octanol–water partition coefficient (Wildman–Crippen LogP) is 4.55. The van der Waals surface area contributed by atoms with Crippen molar-refractivity contribution in [3.63, 3.8) is 0 Å². The number of phenols is 2. The Morgan fingerprint density at radius 3 is 2.58 bits per heavy atom.